The first-order chi connectivity index (χ1) is 2.64. The van der Waals surface area contributed by atoms with E-state index in [0.717, 1.165) is 0 Å². The molecule has 0 aromatic rings. The second-order valence-electron chi connectivity index (χ2n) is 0.610. The molecule has 0 spiro atoms. The molecule has 0 radical (unpaired) electrons. The van der Waals surface area contributed by atoms with Crippen LogP contribution in [0.1, 0.15) is 5.71 Å². The normalized spacial score (nSPS) is 4.89. The molecule has 0 amide bonds. The van der Waals surface area contributed by atoms with Crippen molar-refractivity contribution in [2.75, 3.05) is 0 Å². The molecule has 0 aliphatic heterocycles. The van der Waals surface area contributed by atoms with Crippen molar-refractivity contribution in [1.82, 2.24) is 0 Å². The molecular formula is C2H6BeCaO4Zn. The Kier molecular flexibility index (Phi) is 29.4. The molecule has 0 aliphatic carbocycles. The molecular weight excluding hydrogens is 202 g/mol. The summed E-state index contributed by atoms with van der Waals surface area (Å²) < 4.78 is 0. The smallest absolute Gasteiger partial charge is 1.00 e. The number of rotatable bonds is 0. The summed E-state index contributed by atoms with van der Waals surface area (Å²) in [6, 6.07) is 0. The minimum absolute atomic E-state index is 0. The first-order valence-corrected chi connectivity index (χ1v) is 1.11. The van der Waals surface area contributed by atoms with E-state index in [1.165, 1.54) is 0 Å². The summed E-state index contributed by atoms with van der Waals surface area (Å²) in [7, 11) is 0. The maximum Gasteiger partial charge on any atom is 2.00 e. The van der Waals surface area contributed by atoms with Gasteiger partial charge in [-0.2, -0.15) is 0 Å². The molecule has 0 saturated heterocycles. The van der Waals surface area contributed by atoms with Gasteiger partial charge in [-0.25, -0.2) is 9.59 Å². The molecule has 4 nitrogen and oxygen atoms in total. The van der Waals surface area contributed by atoms with E-state index in [1.54, 1.807) is 0 Å². The van der Waals surface area contributed by atoms with Gasteiger partial charge in [-0.15, -0.1) is 0 Å². The third kappa shape index (κ3) is 17.6. The van der Waals surface area contributed by atoms with Gasteiger partial charge in [-0.3, -0.25) is 0 Å². The number of hydrogen-bond donors (Lipinski definition) is 2. The summed E-state index contributed by atoms with van der Waals surface area (Å²) in [5, 5.41) is 14.8. The van der Waals surface area contributed by atoms with Gasteiger partial charge in [-0.05, 0) is 0 Å². The number of carbonyl (C=O) groups is 2. The molecule has 0 atom stereocenters. The molecule has 0 aromatic carbocycles. The molecule has 0 aromatic heterocycles. The van der Waals surface area contributed by atoms with Crippen molar-refractivity contribution in [3.05, 3.63) is 0 Å². The molecule has 44 valence electrons. The van der Waals surface area contributed by atoms with E-state index in [9.17, 15) is 0 Å². The van der Waals surface area contributed by atoms with Crippen LogP contribution in [0.15, 0.2) is 0 Å². The number of carboxylic acids is 2. The van der Waals surface area contributed by atoms with Crippen LogP contribution in [-0.4, -0.2) is 70.0 Å². The third-order valence-corrected chi connectivity index (χ3v) is 0.183. The van der Waals surface area contributed by atoms with E-state index in [2.05, 4.69) is 0 Å². The molecule has 0 saturated carbocycles. The average Bonchev–Trinajstić information content (AvgIpc) is 1.36. The Labute approximate surface area is 104 Å². The van der Waals surface area contributed by atoms with Crippen molar-refractivity contribution in [2.45, 2.75) is 0 Å². The minimum Gasteiger partial charge on any atom is -1.00 e. The van der Waals surface area contributed by atoms with Crippen molar-refractivity contribution in [3.63, 3.8) is 0 Å². The molecule has 0 unspecified atom stereocenters. The molecule has 0 rings (SSSR count). The fraction of sp³-hybridized carbons (Fsp3) is 0. The van der Waals surface area contributed by atoms with Crippen LogP contribution in [0.25, 0.3) is 0 Å². The molecule has 7 heteroatoms. The van der Waals surface area contributed by atoms with Crippen molar-refractivity contribution >= 4 is 59.8 Å². The fourth-order valence-corrected chi connectivity index (χ4v) is 0. The molecule has 0 fully saturated rings. The topological polar surface area (TPSA) is 74.6 Å². The average molecular weight is 209 g/mol. The van der Waals surface area contributed by atoms with Crippen LogP contribution in [0.2, 0.25) is 0 Å². The van der Waals surface area contributed by atoms with Crippen molar-refractivity contribution < 1.29 is 45.0 Å². The monoisotopic (exact) mass is 207 g/mol. The minimum atomic E-state index is -1.82. The molecule has 9 heavy (non-hydrogen) atoms. The van der Waals surface area contributed by atoms with Crippen molar-refractivity contribution in [2.24, 2.45) is 0 Å². The first-order valence-electron chi connectivity index (χ1n) is 1.11. The Morgan fingerprint density at radius 3 is 1.22 bits per heavy atom. The maximum atomic E-state index is 9.10. The molecule has 0 aliphatic rings. The number of carboxylic acid groups (broad SMARTS) is 2. The summed E-state index contributed by atoms with van der Waals surface area (Å²) in [5.74, 6) is -3.65. The number of hydrogen-bond acceptors (Lipinski definition) is 2. The Hall–Kier alpha value is 0.992. The van der Waals surface area contributed by atoms with Crippen LogP contribution in [0, 0.1) is 0 Å². The first kappa shape index (κ1) is 22.5. The summed E-state index contributed by atoms with van der Waals surface area (Å²) in [4.78, 5) is 18.2. The van der Waals surface area contributed by atoms with Gasteiger partial charge in [0, 0.05) is 19.5 Å². The number of aliphatic carboxylic acids is 2. The predicted molar refractivity (Wildman–Crippen MR) is 31.2 cm³/mol. The zero-order valence-corrected chi connectivity index (χ0v) is 10.0. The maximum absolute atomic E-state index is 9.10. The Morgan fingerprint density at radius 1 is 1.11 bits per heavy atom. The fourth-order valence-electron chi connectivity index (χ4n) is 0. The Bertz CT molecular complexity index is 96.1. The second kappa shape index (κ2) is 11.7. The van der Waals surface area contributed by atoms with Crippen molar-refractivity contribution in [1.29, 1.82) is 0 Å². The van der Waals surface area contributed by atoms with E-state index in [1.807, 2.05) is 0 Å². The standard InChI is InChI=1S/C2H2O4.Be.Ca.Zn.4H/c3-1(4)2(5)6;;;;;;;/h(H,3,4)(H,5,6);;;;;;;/q;2*+2;;4*-1. The van der Waals surface area contributed by atoms with Gasteiger partial charge in [0.15, 0.2) is 0 Å². The largest absolute Gasteiger partial charge is 2.00 e. The zero-order chi connectivity index (χ0) is 5.15. The van der Waals surface area contributed by atoms with Crippen LogP contribution < -0.4 is 0 Å². The quantitative estimate of drug-likeness (QED) is 0.389. The van der Waals surface area contributed by atoms with E-state index in [0.29, 0.717) is 0 Å². The van der Waals surface area contributed by atoms with Crippen molar-refractivity contribution in [3.8, 4) is 0 Å². The van der Waals surface area contributed by atoms with E-state index in [-0.39, 0.29) is 73.0 Å². The van der Waals surface area contributed by atoms with E-state index < -0.39 is 11.9 Å². The van der Waals surface area contributed by atoms with Crippen LogP contribution in [0.5, 0.6) is 0 Å². The van der Waals surface area contributed by atoms with Gasteiger partial charge in [0.1, 0.15) is 0 Å². The third-order valence-electron chi connectivity index (χ3n) is 0.183. The van der Waals surface area contributed by atoms with E-state index >= 15 is 0 Å². The summed E-state index contributed by atoms with van der Waals surface area (Å²) >= 11 is 0. The zero-order valence-electron chi connectivity index (χ0n) is 8.83. The Balaban J connectivity index is -0.00000000595. The predicted octanol–water partition coefficient (Wildman–Crippen LogP) is -1.16. The van der Waals surface area contributed by atoms with Crippen LogP contribution in [0.4, 0.5) is 0 Å². The van der Waals surface area contributed by atoms with Crippen LogP contribution in [0.3, 0.4) is 0 Å². The SMILES string of the molecule is O=C(O)C(=O)O.[Be+2].[Ca+2].[H-].[H-].[H-].[H-].[Zn]. The second-order valence-corrected chi connectivity index (χ2v) is 0.610. The van der Waals surface area contributed by atoms with Crippen LogP contribution >= 0.6 is 0 Å². The molecule has 0 bridgehead atoms. The molecule has 0 heterocycles. The van der Waals surface area contributed by atoms with E-state index in [4.69, 9.17) is 19.8 Å². The van der Waals surface area contributed by atoms with Gasteiger partial charge in [0.05, 0.1) is 0 Å². The summed E-state index contributed by atoms with van der Waals surface area (Å²) in [5.41, 5.74) is 0. The van der Waals surface area contributed by atoms with Crippen LogP contribution in [-0.2, 0) is 29.1 Å². The summed E-state index contributed by atoms with van der Waals surface area (Å²) in [6.07, 6.45) is 0. The molecule has 2 N–H and O–H groups in total. The van der Waals surface area contributed by atoms with Gasteiger partial charge < -0.3 is 15.9 Å². The van der Waals surface area contributed by atoms with Gasteiger partial charge in [0.25, 0.3) is 0 Å². The van der Waals surface area contributed by atoms with Gasteiger partial charge >= 0.3 is 59.8 Å². The van der Waals surface area contributed by atoms with Gasteiger partial charge in [0.2, 0.25) is 0 Å². The summed E-state index contributed by atoms with van der Waals surface area (Å²) in [6.45, 7) is 0. The Morgan fingerprint density at radius 2 is 1.22 bits per heavy atom. The van der Waals surface area contributed by atoms with Gasteiger partial charge in [-0.1, -0.05) is 0 Å².